The van der Waals surface area contributed by atoms with Gasteiger partial charge in [0.2, 0.25) is 5.88 Å². The Morgan fingerprint density at radius 1 is 1.48 bits per heavy atom. The van der Waals surface area contributed by atoms with Crippen LogP contribution in [-0.2, 0) is 0 Å². The van der Waals surface area contributed by atoms with Gasteiger partial charge in [0, 0.05) is 29.4 Å². The van der Waals surface area contributed by atoms with Gasteiger partial charge in [-0.2, -0.15) is 0 Å². The van der Waals surface area contributed by atoms with Gasteiger partial charge in [-0.25, -0.2) is 4.39 Å². The van der Waals surface area contributed by atoms with Crippen LogP contribution in [0.1, 0.15) is 6.42 Å². The van der Waals surface area contributed by atoms with E-state index < -0.39 is 17.3 Å². The summed E-state index contributed by atoms with van der Waals surface area (Å²) in [6, 6.07) is 1.14. The Labute approximate surface area is 134 Å². The molecule has 0 saturated carbocycles. The molecule has 0 bridgehead atoms. The van der Waals surface area contributed by atoms with E-state index in [-0.39, 0.29) is 21.8 Å². The van der Waals surface area contributed by atoms with Crippen LogP contribution in [0.3, 0.4) is 0 Å². The summed E-state index contributed by atoms with van der Waals surface area (Å²) >= 11 is 1.36. The number of thioether (sulfide) groups is 1. The summed E-state index contributed by atoms with van der Waals surface area (Å²) in [6.07, 6.45) is 0.774. The first kappa shape index (κ1) is 14.5. The Bertz CT molecular complexity index is 885. The molecule has 4 rings (SSSR count). The number of pyridine rings is 1. The molecule has 7 nitrogen and oxygen atoms in total. The number of rotatable bonds is 1. The first-order valence-electron chi connectivity index (χ1n) is 7.19. The van der Waals surface area contributed by atoms with E-state index in [4.69, 9.17) is 5.73 Å². The van der Waals surface area contributed by atoms with Crippen molar-refractivity contribution < 1.29 is 14.7 Å². The predicted octanol–water partition coefficient (Wildman–Crippen LogP) is 1.10. The van der Waals surface area contributed by atoms with Gasteiger partial charge in [-0.3, -0.25) is 4.79 Å². The molecule has 0 radical (unpaired) electrons. The lowest BCUT2D eigenvalue weighted by atomic mass is 10.1. The molecule has 1 saturated heterocycles. The molecule has 1 unspecified atom stereocenters. The molecule has 122 valence electrons. The summed E-state index contributed by atoms with van der Waals surface area (Å²) in [5.74, 6) is -0.794. The summed E-state index contributed by atoms with van der Waals surface area (Å²) in [4.78, 5) is 14.6. The Morgan fingerprint density at radius 2 is 2.26 bits per heavy atom. The maximum absolute atomic E-state index is 14.7. The van der Waals surface area contributed by atoms with Crippen LogP contribution >= 0.6 is 11.8 Å². The van der Waals surface area contributed by atoms with Crippen molar-refractivity contribution in [1.29, 1.82) is 0 Å². The first-order chi connectivity index (χ1) is 11.0. The maximum Gasteiger partial charge on any atom is 0.310 e. The molecule has 1 fully saturated rings. The highest BCUT2D eigenvalue weighted by molar-refractivity contribution is 7.99. The van der Waals surface area contributed by atoms with Crippen LogP contribution < -0.4 is 21.5 Å². The summed E-state index contributed by atoms with van der Waals surface area (Å²) in [6.45, 7) is 1.19. The number of hydrogen-bond donors (Lipinski definition) is 4. The molecule has 3 heterocycles. The first-order valence-corrected chi connectivity index (χ1v) is 8.18. The van der Waals surface area contributed by atoms with Crippen molar-refractivity contribution in [3.05, 3.63) is 22.2 Å². The van der Waals surface area contributed by atoms with E-state index in [1.165, 1.54) is 11.8 Å². The normalized spacial score (nSPS) is 20.1. The zero-order chi connectivity index (χ0) is 16.3. The molecule has 0 spiro atoms. The van der Waals surface area contributed by atoms with Gasteiger partial charge in [0.05, 0.1) is 17.0 Å². The topological polar surface area (TPSA) is 104 Å². The summed E-state index contributed by atoms with van der Waals surface area (Å²) in [5.41, 5.74) is 5.74. The third-order valence-electron chi connectivity index (χ3n) is 4.31. The van der Waals surface area contributed by atoms with Crippen molar-refractivity contribution >= 4 is 33.9 Å². The summed E-state index contributed by atoms with van der Waals surface area (Å²) < 4.78 is 14.9. The predicted molar refractivity (Wildman–Crippen MR) is 86.2 cm³/mol. The van der Waals surface area contributed by atoms with Gasteiger partial charge in [-0.1, -0.05) is 0 Å². The van der Waals surface area contributed by atoms with Gasteiger partial charge < -0.3 is 26.3 Å². The van der Waals surface area contributed by atoms with Gasteiger partial charge >= 0.3 is 5.56 Å². The van der Waals surface area contributed by atoms with Crippen LogP contribution in [0, 0.1) is 5.82 Å². The largest absolute Gasteiger partial charge is 0.492 e. The van der Waals surface area contributed by atoms with Crippen LogP contribution in [0.15, 0.2) is 15.8 Å². The summed E-state index contributed by atoms with van der Waals surface area (Å²) in [5, 5.41) is 23.1. The van der Waals surface area contributed by atoms with E-state index in [0.717, 1.165) is 12.5 Å². The van der Waals surface area contributed by atoms with E-state index in [1.54, 1.807) is 0 Å². The third-order valence-corrected chi connectivity index (χ3v) is 5.29. The second-order valence-corrected chi connectivity index (χ2v) is 6.72. The number of nitrogens with one attached hydrogen (secondary N) is 1. The van der Waals surface area contributed by atoms with Crippen molar-refractivity contribution in [2.75, 3.05) is 29.2 Å². The van der Waals surface area contributed by atoms with Crippen LogP contribution in [0.5, 0.6) is 5.88 Å². The molecular formula is C14H15FN4O3S. The number of anilines is 2. The van der Waals surface area contributed by atoms with Crippen molar-refractivity contribution in [2.45, 2.75) is 17.4 Å². The number of aromatic nitrogens is 1. The van der Waals surface area contributed by atoms with Crippen molar-refractivity contribution in [3.8, 4) is 5.88 Å². The fraction of sp³-hybridized carbons (Fsp3) is 0.357. The molecule has 0 amide bonds. The summed E-state index contributed by atoms with van der Waals surface area (Å²) in [7, 11) is 0. The molecule has 1 aromatic heterocycles. The molecule has 23 heavy (non-hydrogen) atoms. The minimum absolute atomic E-state index is 0.0117. The number of benzene rings is 1. The maximum atomic E-state index is 14.7. The molecule has 5 N–H and O–H groups in total. The minimum Gasteiger partial charge on any atom is -0.492 e. The molecule has 1 aromatic carbocycles. The second-order valence-electron chi connectivity index (χ2n) is 5.73. The molecule has 2 aromatic rings. The zero-order valence-corrected chi connectivity index (χ0v) is 12.9. The van der Waals surface area contributed by atoms with E-state index in [2.05, 4.69) is 5.32 Å². The lowest BCUT2D eigenvalue weighted by Gasteiger charge is -2.27. The lowest BCUT2D eigenvalue weighted by molar-refractivity contribution is 0.146. The highest BCUT2D eigenvalue weighted by Gasteiger charge is 2.30. The van der Waals surface area contributed by atoms with Gasteiger partial charge in [0.25, 0.3) is 0 Å². The van der Waals surface area contributed by atoms with Crippen molar-refractivity contribution in [2.24, 2.45) is 5.73 Å². The van der Waals surface area contributed by atoms with Crippen LogP contribution in [0.4, 0.5) is 15.8 Å². The minimum atomic E-state index is -0.757. The molecule has 0 aliphatic carbocycles. The quantitative estimate of drug-likeness (QED) is 0.577. The van der Waals surface area contributed by atoms with Gasteiger partial charge in [-0.05, 0) is 12.5 Å². The van der Waals surface area contributed by atoms with Gasteiger partial charge in [0.15, 0.2) is 0 Å². The monoisotopic (exact) mass is 338 g/mol. The van der Waals surface area contributed by atoms with E-state index in [0.29, 0.717) is 34.9 Å². The van der Waals surface area contributed by atoms with Crippen LogP contribution in [0.25, 0.3) is 10.8 Å². The number of aromatic hydroxyl groups is 1. The zero-order valence-electron chi connectivity index (χ0n) is 12.0. The third kappa shape index (κ3) is 1.96. The van der Waals surface area contributed by atoms with Crippen molar-refractivity contribution in [3.63, 3.8) is 0 Å². The smallest absolute Gasteiger partial charge is 0.310 e. The van der Waals surface area contributed by atoms with E-state index >= 15 is 0 Å². The Balaban J connectivity index is 2.08. The van der Waals surface area contributed by atoms with Crippen LogP contribution in [-0.4, -0.2) is 40.1 Å². The van der Waals surface area contributed by atoms with Crippen LogP contribution in [0.2, 0.25) is 0 Å². The molecule has 2 aliphatic rings. The molecule has 2 aliphatic heterocycles. The highest BCUT2D eigenvalue weighted by Crippen LogP contribution is 2.46. The highest BCUT2D eigenvalue weighted by atomic mass is 32.2. The Kier molecular flexibility index (Phi) is 3.10. The van der Waals surface area contributed by atoms with Crippen molar-refractivity contribution in [1.82, 2.24) is 4.73 Å². The molecule has 1 atom stereocenters. The standard InChI is InChI=1S/C14H15FN4O3S/c15-8-3-7-9-10(14(21)19(22)13(7)20)17-5-23-12(9)11(8)18-2-1-6(16)4-18/h3,6,17,20,22H,1-2,4-5,16H2. The number of halogens is 1. The fourth-order valence-electron chi connectivity index (χ4n) is 3.23. The Hall–Kier alpha value is -2.13. The average Bonchev–Trinajstić information content (AvgIpc) is 2.96. The molecular weight excluding hydrogens is 323 g/mol. The SMILES string of the molecule is NC1CCN(c2c(F)cc3c(O)n(O)c(=O)c4c3c2SCN4)C1. The number of nitrogens with two attached hydrogens (primary N) is 1. The van der Waals surface area contributed by atoms with E-state index in [1.807, 2.05) is 4.90 Å². The lowest BCUT2D eigenvalue weighted by Crippen LogP contribution is -2.29. The van der Waals surface area contributed by atoms with Gasteiger partial charge in [0.1, 0.15) is 11.5 Å². The number of nitrogens with zero attached hydrogens (tertiary/aromatic N) is 2. The van der Waals surface area contributed by atoms with Gasteiger partial charge in [-0.15, -0.1) is 16.5 Å². The fourth-order valence-corrected chi connectivity index (χ4v) is 4.31. The van der Waals surface area contributed by atoms with E-state index in [9.17, 15) is 19.5 Å². The number of hydrogen-bond acceptors (Lipinski definition) is 7. The molecule has 9 heteroatoms. The second kappa shape index (κ2) is 4.93. The Morgan fingerprint density at radius 3 is 2.96 bits per heavy atom. The average molecular weight is 338 g/mol.